The second-order valence-electron chi connectivity index (χ2n) is 3.94. The number of nitrogens with zero attached hydrogens (tertiary/aromatic N) is 1. The summed E-state index contributed by atoms with van der Waals surface area (Å²) >= 11 is 0. The van der Waals surface area contributed by atoms with Crippen molar-refractivity contribution in [2.75, 3.05) is 26.7 Å². The average Bonchev–Trinajstić information content (AvgIpc) is 2.51. The molecule has 0 aromatic heterocycles. The Hall–Kier alpha value is -1.26. The van der Waals surface area contributed by atoms with Gasteiger partial charge < -0.3 is 14.8 Å². The lowest BCUT2D eigenvalue weighted by molar-refractivity contribution is -0.107. The smallest absolute Gasteiger partial charge is 0.120 e. The number of carbonyl (C=O) groups excluding carboxylic acids is 1. The first-order valence-electron chi connectivity index (χ1n) is 7.24. The van der Waals surface area contributed by atoms with Crippen molar-refractivity contribution < 1.29 is 9.53 Å². The van der Waals surface area contributed by atoms with Gasteiger partial charge in [-0.15, -0.1) is 0 Å². The lowest BCUT2D eigenvalue weighted by Gasteiger charge is -2.18. The molecule has 0 radical (unpaired) electrons. The topological polar surface area (TPSA) is 50.7 Å². The number of rotatable bonds is 5. The molecule has 0 spiro atoms. The number of aldehydes is 1. The van der Waals surface area contributed by atoms with Gasteiger partial charge in [-0.3, -0.25) is 4.99 Å². The van der Waals surface area contributed by atoms with Crippen LogP contribution in [0.25, 0.3) is 0 Å². The molecule has 0 bridgehead atoms. The number of carbonyl (C=O) groups is 1. The molecular formula is C16H30N2O2. The molecule has 1 N–H and O–H groups in total. The number of allylic oxidation sites excluding steroid dienone is 3. The zero-order valence-corrected chi connectivity index (χ0v) is 13.4. The van der Waals surface area contributed by atoms with E-state index in [1.165, 1.54) is 0 Å². The zero-order chi connectivity index (χ0) is 15.6. The predicted molar refractivity (Wildman–Crippen MR) is 87.6 cm³/mol. The van der Waals surface area contributed by atoms with Gasteiger partial charge in [0.1, 0.15) is 6.29 Å². The van der Waals surface area contributed by atoms with Gasteiger partial charge >= 0.3 is 0 Å². The molecule has 116 valence electrons. The first-order valence-corrected chi connectivity index (χ1v) is 7.24. The van der Waals surface area contributed by atoms with Crippen LogP contribution in [0.2, 0.25) is 0 Å². The Labute approximate surface area is 124 Å². The maximum atomic E-state index is 10.0. The normalized spacial score (nSPS) is 18.4. The SMILES string of the molecule is C=C/C(=C\C=NC)CCC=O.CC.CC1CNCCO1. The fourth-order valence-electron chi connectivity index (χ4n) is 1.35. The molecular weight excluding hydrogens is 252 g/mol. The summed E-state index contributed by atoms with van der Waals surface area (Å²) in [6.45, 7) is 12.6. The van der Waals surface area contributed by atoms with Crippen LogP contribution in [0.15, 0.2) is 29.3 Å². The third-order valence-corrected chi connectivity index (χ3v) is 2.36. The van der Waals surface area contributed by atoms with Crippen LogP contribution in [0.1, 0.15) is 33.6 Å². The minimum atomic E-state index is 0.425. The Kier molecular flexibility index (Phi) is 18.7. The molecule has 4 nitrogen and oxygen atoms in total. The van der Waals surface area contributed by atoms with E-state index < -0.39 is 0 Å². The second-order valence-corrected chi connectivity index (χ2v) is 3.94. The van der Waals surface area contributed by atoms with Gasteiger partial charge in [0, 0.05) is 32.8 Å². The molecule has 1 atom stereocenters. The Morgan fingerprint density at radius 2 is 2.20 bits per heavy atom. The molecule has 20 heavy (non-hydrogen) atoms. The van der Waals surface area contributed by atoms with Gasteiger partial charge in [0.05, 0.1) is 12.7 Å². The summed E-state index contributed by atoms with van der Waals surface area (Å²) in [5, 5.41) is 3.21. The minimum Gasteiger partial charge on any atom is -0.376 e. The number of aliphatic imine (C=N–C) groups is 1. The predicted octanol–water partition coefficient (Wildman–Crippen LogP) is 2.80. The van der Waals surface area contributed by atoms with Crippen LogP contribution in [0.5, 0.6) is 0 Å². The van der Waals surface area contributed by atoms with Crippen molar-refractivity contribution in [3.05, 3.63) is 24.3 Å². The molecule has 0 aliphatic carbocycles. The van der Waals surface area contributed by atoms with Crippen molar-refractivity contribution in [2.45, 2.75) is 39.7 Å². The Morgan fingerprint density at radius 1 is 1.50 bits per heavy atom. The molecule has 1 fully saturated rings. The molecule has 1 aliphatic heterocycles. The van der Waals surface area contributed by atoms with Crippen molar-refractivity contribution in [3.8, 4) is 0 Å². The molecule has 1 rings (SSSR count). The highest BCUT2D eigenvalue weighted by atomic mass is 16.5. The summed E-state index contributed by atoms with van der Waals surface area (Å²) in [5.74, 6) is 0. The summed E-state index contributed by atoms with van der Waals surface area (Å²) in [6, 6.07) is 0. The quantitative estimate of drug-likeness (QED) is 0.479. The maximum absolute atomic E-state index is 10.0. The first kappa shape index (κ1) is 21.0. The Balaban J connectivity index is 0. The average molecular weight is 282 g/mol. The fourth-order valence-corrected chi connectivity index (χ4v) is 1.35. The first-order chi connectivity index (χ1) is 9.74. The largest absolute Gasteiger partial charge is 0.376 e. The van der Waals surface area contributed by atoms with E-state index in [-0.39, 0.29) is 0 Å². The molecule has 1 aliphatic rings. The number of hydrogen-bond donors (Lipinski definition) is 1. The summed E-state index contributed by atoms with van der Waals surface area (Å²) in [7, 11) is 1.71. The van der Waals surface area contributed by atoms with Crippen molar-refractivity contribution in [1.82, 2.24) is 5.32 Å². The van der Waals surface area contributed by atoms with Crippen LogP contribution in [-0.4, -0.2) is 45.3 Å². The van der Waals surface area contributed by atoms with Crippen molar-refractivity contribution in [1.29, 1.82) is 0 Å². The fraction of sp³-hybridized carbons (Fsp3) is 0.625. The number of ether oxygens (including phenoxy) is 1. The Morgan fingerprint density at radius 3 is 2.55 bits per heavy atom. The van der Waals surface area contributed by atoms with Gasteiger partial charge in [-0.2, -0.15) is 0 Å². The van der Waals surface area contributed by atoms with Crippen LogP contribution in [-0.2, 0) is 9.53 Å². The lowest BCUT2D eigenvalue weighted by Crippen LogP contribution is -2.36. The van der Waals surface area contributed by atoms with Crippen LogP contribution >= 0.6 is 0 Å². The van der Waals surface area contributed by atoms with E-state index in [2.05, 4.69) is 23.8 Å². The van der Waals surface area contributed by atoms with E-state index >= 15 is 0 Å². The summed E-state index contributed by atoms with van der Waals surface area (Å²) in [5.41, 5.74) is 1.04. The van der Waals surface area contributed by atoms with Crippen LogP contribution < -0.4 is 5.32 Å². The number of hydrogen-bond acceptors (Lipinski definition) is 4. The van der Waals surface area contributed by atoms with E-state index in [1.54, 1.807) is 19.3 Å². The van der Waals surface area contributed by atoms with Crippen LogP contribution in [0.4, 0.5) is 0 Å². The highest BCUT2D eigenvalue weighted by Gasteiger charge is 2.04. The van der Waals surface area contributed by atoms with E-state index in [1.807, 2.05) is 19.9 Å². The third-order valence-electron chi connectivity index (χ3n) is 2.36. The third kappa shape index (κ3) is 14.8. The standard InChI is InChI=1S/C9H13NO.C5H11NO.C2H6/c1-3-9(5-4-8-11)6-7-10-2;1-5-4-6-2-3-7-5;1-2/h3,6-8H,1,4-5H2,2H3;5-6H,2-4H2,1H3;1-2H3/b9-6+,10-7?;;. The molecule has 0 amide bonds. The Bertz CT molecular complexity index is 280. The van der Waals surface area contributed by atoms with E-state index in [4.69, 9.17) is 4.74 Å². The van der Waals surface area contributed by atoms with E-state index in [9.17, 15) is 4.79 Å². The van der Waals surface area contributed by atoms with Gasteiger partial charge in [0.25, 0.3) is 0 Å². The van der Waals surface area contributed by atoms with Gasteiger partial charge in [0.15, 0.2) is 0 Å². The molecule has 1 heterocycles. The van der Waals surface area contributed by atoms with Crippen molar-refractivity contribution in [2.24, 2.45) is 4.99 Å². The molecule has 1 saturated heterocycles. The van der Waals surface area contributed by atoms with E-state index in [0.717, 1.165) is 38.0 Å². The van der Waals surface area contributed by atoms with Gasteiger partial charge in [-0.25, -0.2) is 0 Å². The highest BCUT2D eigenvalue weighted by molar-refractivity contribution is 5.72. The second kappa shape index (κ2) is 17.7. The van der Waals surface area contributed by atoms with Crippen molar-refractivity contribution >= 4 is 12.5 Å². The summed E-state index contributed by atoms with van der Waals surface area (Å²) in [4.78, 5) is 13.8. The summed E-state index contributed by atoms with van der Waals surface area (Å²) < 4.78 is 5.22. The van der Waals surface area contributed by atoms with Gasteiger partial charge in [0.2, 0.25) is 0 Å². The van der Waals surface area contributed by atoms with Gasteiger partial charge in [-0.05, 0) is 25.0 Å². The maximum Gasteiger partial charge on any atom is 0.120 e. The molecule has 4 heteroatoms. The van der Waals surface area contributed by atoms with E-state index in [0.29, 0.717) is 12.5 Å². The van der Waals surface area contributed by atoms with Gasteiger partial charge in [-0.1, -0.05) is 26.5 Å². The minimum absolute atomic E-state index is 0.425. The number of nitrogens with one attached hydrogen (secondary N) is 1. The molecule has 1 unspecified atom stereocenters. The van der Waals surface area contributed by atoms with Crippen LogP contribution in [0.3, 0.4) is 0 Å². The lowest BCUT2D eigenvalue weighted by atomic mass is 10.1. The monoisotopic (exact) mass is 282 g/mol. The highest BCUT2D eigenvalue weighted by Crippen LogP contribution is 2.02. The molecule has 0 aromatic rings. The summed E-state index contributed by atoms with van der Waals surface area (Å²) in [6.07, 6.45) is 7.92. The van der Waals surface area contributed by atoms with Crippen LogP contribution in [0, 0.1) is 0 Å². The molecule has 0 aromatic carbocycles. The number of morpholine rings is 1. The van der Waals surface area contributed by atoms with Crippen molar-refractivity contribution in [3.63, 3.8) is 0 Å². The molecule has 0 saturated carbocycles. The zero-order valence-electron chi connectivity index (χ0n) is 13.4.